The summed E-state index contributed by atoms with van der Waals surface area (Å²) in [4.78, 5) is 22.4. The van der Waals surface area contributed by atoms with Crippen LogP contribution in [0.15, 0.2) is 12.1 Å². The van der Waals surface area contributed by atoms with Gasteiger partial charge in [-0.1, -0.05) is 39.6 Å². The van der Waals surface area contributed by atoms with Crippen molar-refractivity contribution in [2.75, 3.05) is 0 Å². The highest BCUT2D eigenvalue weighted by Gasteiger charge is 2.35. The van der Waals surface area contributed by atoms with Gasteiger partial charge in [0, 0.05) is 11.1 Å². The van der Waals surface area contributed by atoms with Crippen LogP contribution in [0, 0.1) is 10.1 Å². The summed E-state index contributed by atoms with van der Waals surface area (Å²) in [5.41, 5.74) is 0.938. The maximum absolute atomic E-state index is 11.4. The molecule has 1 atom stereocenters. The average Bonchev–Trinajstić information content (AvgIpc) is 2.34. The van der Waals surface area contributed by atoms with Gasteiger partial charge in [0.1, 0.15) is 0 Å². The van der Waals surface area contributed by atoms with Crippen molar-refractivity contribution in [3.8, 4) is 0 Å². The monoisotopic (exact) mass is 295 g/mol. The molecule has 0 amide bonds. The van der Waals surface area contributed by atoms with E-state index >= 15 is 0 Å². The van der Waals surface area contributed by atoms with Gasteiger partial charge in [0.15, 0.2) is 0 Å². The largest absolute Gasteiger partial charge is 0.478 e. The number of nitro groups is 1. The molecule has 0 spiro atoms. The molecular weight excluding hydrogens is 274 g/mol. The van der Waals surface area contributed by atoms with E-state index in [9.17, 15) is 20.0 Å². The number of nitro benzene ring substituents is 1. The summed E-state index contributed by atoms with van der Waals surface area (Å²) in [5, 5.41) is 20.8. The molecule has 0 aliphatic heterocycles. The normalized spacial score (nSPS) is 13.1. The summed E-state index contributed by atoms with van der Waals surface area (Å²) in [6, 6.07) is 3.06. The Bertz CT molecular complexity index is 549. The first-order valence-corrected chi connectivity index (χ1v) is 10.2. The van der Waals surface area contributed by atoms with Crippen LogP contribution in [0.3, 0.4) is 0 Å². The Morgan fingerprint density at radius 2 is 1.95 bits per heavy atom. The van der Waals surface area contributed by atoms with Crippen molar-refractivity contribution in [2.45, 2.75) is 45.5 Å². The van der Waals surface area contributed by atoms with Crippen molar-refractivity contribution in [2.24, 2.45) is 0 Å². The van der Waals surface area contributed by atoms with Gasteiger partial charge in [0.25, 0.3) is 5.69 Å². The molecule has 1 aromatic carbocycles. The second kappa shape index (κ2) is 5.74. The Labute approximate surface area is 119 Å². The number of aryl methyl sites for hydroxylation is 1. The lowest BCUT2D eigenvalue weighted by molar-refractivity contribution is -0.386. The highest BCUT2D eigenvalue weighted by molar-refractivity contribution is 6.77. The van der Waals surface area contributed by atoms with Crippen LogP contribution in [0.2, 0.25) is 19.6 Å². The first-order chi connectivity index (χ1) is 9.11. The molecule has 20 heavy (non-hydrogen) atoms. The molecule has 0 saturated heterocycles. The topological polar surface area (TPSA) is 80.4 Å². The SMILES string of the molecule is CCc1ccc(C(=O)O)c(C(C)[Si](C)(C)C)c1[N+](=O)[O-]. The molecule has 0 saturated carbocycles. The number of aromatic carboxylic acids is 1. The molecule has 0 radical (unpaired) electrons. The predicted molar refractivity (Wildman–Crippen MR) is 81.2 cm³/mol. The van der Waals surface area contributed by atoms with Gasteiger partial charge in [-0.2, -0.15) is 0 Å². The van der Waals surface area contributed by atoms with Gasteiger partial charge in [0.2, 0.25) is 0 Å². The van der Waals surface area contributed by atoms with Crippen molar-refractivity contribution in [1.29, 1.82) is 0 Å². The number of hydrogen-bond donors (Lipinski definition) is 1. The van der Waals surface area contributed by atoms with Crippen molar-refractivity contribution in [1.82, 2.24) is 0 Å². The number of nitrogens with zero attached hydrogens (tertiary/aromatic N) is 1. The van der Waals surface area contributed by atoms with Crippen molar-refractivity contribution in [3.63, 3.8) is 0 Å². The molecule has 0 heterocycles. The highest BCUT2D eigenvalue weighted by atomic mass is 28.3. The van der Waals surface area contributed by atoms with Crippen LogP contribution in [0.5, 0.6) is 0 Å². The summed E-state index contributed by atoms with van der Waals surface area (Å²) in [7, 11) is -1.76. The van der Waals surface area contributed by atoms with Gasteiger partial charge in [-0.05, 0) is 18.0 Å². The van der Waals surface area contributed by atoms with E-state index in [1.165, 1.54) is 6.07 Å². The number of carboxylic acids is 1. The zero-order valence-corrected chi connectivity index (χ0v) is 13.6. The second-order valence-corrected chi connectivity index (χ2v) is 11.6. The van der Waals surface area contributed by atoms with Crippen LogP contribution >= 0.6 is 0 Å². The Kier molecular flexibility index (Phi) is 4.70. The molecule has 5 nitrogen and oxygen atoms in total. The first kappa shape index (κ1) is 16.4. The minimum atomic E-state index is -1.76. The maximum Gasteiger partial charge on any atom is 0.336 e. The van der Waals surface area contributed by atoms with Crippen LogP contribution in [0.1, 0.15) is 40.9 Å². The van der Waals surface area contributed by atoms with Gasteiger partial charge < -0.3 is 5.11 Å². The van der Waals surface area contributed by atoms with Gasteiger partial charge >= 0.3 is 5.97 Å². The zero-order valence-electron chi connectivity index (χ0n) is 12.6. The van der Waals surface area contributed by atoms with Crippen LogP contribution in [-0.4, -0.2) is 24.1 Å². The molecule has 1 aromatic rings. The van der Waals surface area contributed by atoms with Crippen LogP contribution in [0.4, 0.5) is 5.69 Å². The lowest BCUT2D eigenvalue weighted by Crippen LogP contribution is -2.31. The first-order valence-electron chi connectivity index (χ1n) is 6.64. The van der Waals surface area contributed by atoms with Crippen LogP contribution in [0.25, 0.3) is 0 Å². The van der Waals surface area contributed by atoms with Gasteiger partial charge in [0.05, 0.1) is 18.6 Å². The zero-order chi connectivity index (χ0) is 15.7. The van der Waals surface area contributed by atoms with Crippen LogP contribution in [-0.2, 0) is 6.42 Å². The summed E-state index contributed by atoms with van der Waals surface area (Å²) < 4.78 is 0. The third kappa shape index (κ3) is 3.06. The molecular formula is C14H21NO4Si. The molecule has 1 unspecified atom stereocenters. The Morgan fingerprint density at radius 3 is 2.30 bits per heavy atom. The van der Waals surface area contributed by atoms with E-state index in [0.717, 1.165) is 0 Å². The summed E-state index contributed by atoms with van der Waals surface area (Å²) >= 11 is 0. The third-order valence-corrected chi connectivity index (χ3v) is 6.71. The number of benzene rings is 1. The minimum Gasteiger partial charge on any atom is -0.478 e. The standard InChI is InChI=1S/C14H21NO4Si/c1-6-10-7-8-11(14(16)17)12(13(10)15(18)19)9(2)20(3,4)5/h7-9H,6H2,1-5H3,(H,16,17). The smallest absolute Gasteiger partial charge is 0.336 e. The highest BCUT2D eigenvalue weighted by Crippen LogP contribution is 2.38. The summed E-state index contributed by atoms with van der Waals surface area (Å²) in [6.07, 6.45) is 0.516. The molecule has 1 rings (SSSR count). The number of hydrogen-bond acceptors (Lipinski definition) is 3. The van der Waals surface area contributed by atoms with Crippen LogP contribution < -0.4 is 0 Å². The quantitative estimate of drug-likeness (QED) is 0.508. The Morgan fingerprint density at radius 1 is 1.40 bits per heavy atom. The number of carbonyl (C=O) groups is 1. The van der Waals surface area contributed by atoms with Gasteiger partial charge in [-0.3, -0.25) is 10.1 Å². The molecule has 1 N–H and O–H groups in total. The maximum atomic E-state index is 11.4. The van der Waals surface area contributed by atoms with Crippen molar-refractivity contribution in [3.05, 3.63) is 38.9 Å². The molecule has 0 bridgehead atoms. The third-order valence-electron chi connectivity index (χ3n) is 3.83. The molecule has 6 heteroatoms. The lowest BCUT2D eigenvalue weighted by atomic mass is 9.97. The molecule has 0 aliphatic rings. The minimum absolute atomic E-state index is 0.0117. The molecule has 110 valence electrons. The average molecular weight is 295 g/mol. The Hall–Kier alpha value is -1.69. The van der Waals surface area contributed by atoms with E-state index in [1.807, 2.05) is 13.8 Å². The van der Waals surface area contributed by atoms with Crippen molar-refractivity contribution < 1.29 is 14.8 Å². The van der Waals surface area contributed by atoms with Crippen molar-refractivity contribution >= 4 is 19.7 Å². The molecule has 0 fully saturated rings. The predicted octanol–water partition coefficient (Wildman–Crippen LogP) is 3.84. The fourth-order valence-electron chi connectivity index (χ4n) is 2.21. The lowest BCUT2D eigenvalue weighted by Gasteiger charge is -2.27. The second-order valence-electron chi connectivity index (χ2n) is 6.04. The van der Waals surface area contributed by atoms with E-state index in [-0.39, 0.29) is 16.8 Å². The summed E-state index contributed by atoms with van der Waals surface area (Å²) in [6.45, 7) is 10.0. The molecule has 0 aliphatic carbocycles. The van der Waals surface area contributed by atoms with E-state index in [1.54, 1.807) is 6.07 Å². The fourth-order valence-corrected chi connectivity index (χ4v) is 3.37. The van der Waals surface area contributed by atoms with Gasteiger partial charge in [-0.25, -0.2) is 4.79 Å². The van der Waals surface area contributed by atoms with E-state index in [4.69, 9.17) is 0 Å². The Balaban J connectivity index is 3.74. The van der Waals surface area contributed by atoms with Gasteiger partial charge in [-0.15, -0.1) is 0 Å². The van der Waals surface area contributed by atoms with E-state index in [2.05, 4.69) is 19.6 Å². The molecule has 0 aromatic heterocycles. The number of carboxylic acid groups (broad SMARTS) is 1. The summed E-state index contributed by atoms with van der Waals surface area (Å²) in [5.74, 6) is -1.10. The van der Waals surface area contributed by atoms with E-state index < -0.39 is 19.0 Å². The fraction of sp³-hybridized carbons (Fsp3) is 0.500. The number of rotatable bonds is 5. The van der Waals surface area contributed by atoms with E-state index in [0.29, 0.717) is 17.5 Å².